The Bertz CT molecular complexity index is 501. The van der Waals surface area contributed by atoms with Crippen molar-refractivity contribution >= 4 is 0 Å². The first kappa shape index (κ1) is 12.8. The lowest BCUT2D eigenvalue weighted by Gasteiger charge is -2.19. The summed E-state index contributed by atoms with van der Waals surface area (Å²) in [7, 11) is 0. The second kappa shape index (κ2) is 4.14. The normalized spacial score (nSPS) is 22.7. The van der Waals surface area contributed by atoms with Crippen LogP contribution in [0, 0.1) is 12.3 Å². The Labute approximate surface area is 114 Å². The number of rotatable bonds is 2. The van der Waals surface area contributed by atoms with Crippen LogP contribution in [0.5, 0.6) is 11.5 Å². The van der Waals surface area contributed by atoms with Crippen LogP contribution in [0.3, 0.4) is 0 Å². The van der Waals surface area contributed by atoms with Crippen LogP contribution >= 0.6 is 0 Å². The van der Waals surface area contributed by atoms with Gasteiger partial charge in [0, 0.05) is 11.8 Å². The number of benzene rings is 1. The minimum absolute atomic E-state index is 0.0295. The highest BCUT2D eigenvalue weighted by atomic mass is 16.5. The van der Waals surface area contributed by atoms with E-state index in [0.717, 1.165) is 30.8 Å². The number of fused-ring (bicyclic) bond motifs is 1. The molecule has 1 aliphatic heterocycles. The van der Waals surface area contributed by atoms with Crippen LogP contribution in [0.2, 0.25) is 0 Å². The zero-order valence-electron chi connectivity index (χ0n) is 12.0. The van der Waals surface area contributed by atoms with Crippen molar-refractivity contribution in [2.75, 3.05) is 13.2 Å². The highest BCUT2D eigenvalue weighted by Gasteiger charge is 2.40. The van der Waals surface area contributed by atoms with Gasteiger partial charge in [-0.05, 0) is 43.0 Å². The van der Waals surface area contributed by atoms with Gasteiger partial charge in [0.2, 0.25) is 0 Å². The van der Waals surface area contributed by atoms with Crippen molar-refractivity contribution in [1.29, 1.82) is 0 Å². The van der Waals surface area contributed by atoms with E-state index in [0.29, 0.717) is 13.2 Å². The molecular weight excluding hydrogens is 240 g/mol. The predicted octanol–water partition coefficient (Wildman–Crippen LogP) is 2.86. The van der Waals surface area contributed by atoms with E-state index in [-0.39, 0.29) is 5.41 Å². The molecule has 0 aromatic heterocycles. The van der Waals surface area contributed by atoms with E-state index in [1.165, 1.54) is 11.1 Å². The molecule has 3 heteroatoms. The van der Waals surface area contributed by atoms with E-state index >= 15 is 0 Å². The third kappa shape index (κ3) is 2.71. The van der Waals surface area contributed by atoms with Crippen LogP contribution in [0.1, 0.15) is 37.8 Å². The molecule has 1 heterocycles. The lowest BCUT2D eigenvalue weighted by Crippen LogP contribution is -2.26. The van der Waals surface area contributed by atoms with Gasteiger partial charge >= 0.3 is 0 Å². The zero-order chi connectivity index (χ0) is 13.7. The maximum absolute atomic E-state index is 10.1. The van der Waals surface area contributed by atoms with Crippen molar-refractivity contribution in [3.63, 3.8) is 0 Å². The van der Waals surface area contributed by atoms with Gasteiger partial charge in [0.15, 0.2) is 11.5 Å². The lowest BCUT2D eigenvalue weighted by atomic mass is 9.97. The van der Waals surface area contributed by atoms with Crippen molar-refractivity contribution < 1.29 is 14.6 Å². The lowest BCUT2D eigenvalue weighted by molar-refractivity contribution is 0.140. The summed E-state index contributed by atoms with van der Waals surface area (Å²) in [5.74, 6) is 1.64. The number of aryl methyl sites for hydroxylation is 1. The number of ether oxygens (including phenoxy) is 2. The minimum atomic E-state index is -0.468. The van der Waals surface area contributed by atoms with Gasteiger partial charge in [-0.3, -0.25) is 0 Å². The van der Waals surface area contributed by atoms with Crippen molar-refractivity contribution in [2.45, 2.75) is 45.6 Å². The van der Waals surface area contributed by atoms with E-state index in [2.05, 4.69) is 20.8 Å². The van der Waals surface area contributed by atoms with Gasteiger partial charge in [0.25, 0.3) is 0 Å². The molecule has 19 heavy (non-hydrogen) atoms. The molecule has 1 aromatic carbocycles. The molecule has 3 nitrogen and oxygen atoms in total. The van der Waals surface area contributed by atoms with Gasteiger partial charge in [-0.1, -0.05) is 13.8 Å². The van der Waals surface area contributed by atoms with Crippen LogP contribution < -0.4 is 9.47 Å². The molecule has 1 aliphatic carbocycles. The smallest absolute Gasteiger partial charge is 0.161 e. The van der Waals surface area contributed by atoms with Gasteiger partial charge in [0.1, 0.15) is 0 Å². The molecule has 1 N–H and O–H groups in total. The van der Waals surface area contributed by atoms with Crippen LogP contribution in [0.15, 0.2) is 12.1 Å². The molecular formula is C16H22O3. The summed E-state index contributed by atoms with van der Waals surface area (Å²) in [4.78, 5) is 0. The van der Waals surface area contributed by atoms with Gasteiger partial charge in [-0.15, -0.1) is 0 Å². The Kier molecular flexibility index (Phi) is 2.79. The Hall–Kier alpha value is -1.22. The molecule has 0 spiro atoms. The zero-order valence-corrected chi connectivity index (χ0v) is 12.0. The topological polar surface area (TPSA) is 38.7 Å². The number of hydrogen-bond donors (Lipinski definition) is 1. The third-order valence-electron chi connectivity index (χ3n) is 3.99. The summed E-state index contributed by atoms with van der Waals surface area (Å²) in [6, 6.07) is 4.08. The Morgan fingerprint density at radius 1 is 1.11 bits per heavy atom. The van der Waals surface area contributed by atoms with E-state index in [1.807, 2.05) is 12.1 Å². The molecule has 0 unspecified atom stereocenters. The van der Waals surface area contributed by atoms with E-state index in [9.17, 15) is 5.11 Å². The fourth-order valence-corrected chi connectivity index (χ4v) is 2.38. The Morgan fingerprint density at radius 2 is 1.68 bits per heavy atom. The third-order valence-corrected chi connectivity index (χ3v) is 3.99. The SMILES string of the molecule is Cc1cc2c(cc1CC1(O)CC1)OCC(C)(C)CO2. The predicted molar refractivity (Wildman–Crippen MR) is 73.8 cm³/mol. The van der Waals surface area contributed by atoms with Crippen LogP contribution in [-0.2, 0) is 6.42 Å². The van der Waals surface area contributed by atoms with Crippen molar-refractivity contribution in [1.82, 2.24) is 0 Å². The highest BCUT2D eigenvalue weighted by Crippen LogP contribution is 2.42. The minimum Gasteiger partial charge on any atom is -0.489 e. The second-order valence-electron chi connectivity index (χ2n) is 6.87. The second-order valence-corrected chi connectivity index (χ2v) is 6.87. The van der Waals surface area contributed by atoms with E-state index < -0.39 is 5.60 Å². The summed E-state index contributed by atoms with van der Waals surface area (Å²) in [6.45, 7) is 7.68. The first-order chi connectivity index (χ1) is 8.87. The average Bonchev–Trinajstić information content (AvgIpc) is 3.07. The molecule has 1 aromatic rings. The van der Waals surface area contributed by atoms with Crippen LogP contribution in [-0.4, -0.2) is 23.9 Å². The Morgan fingerprint density at radius 3 is 2.26 bits per heavy atom. The molecule has 1 saturated carbocycles. The van der Waals surface area contributed by atoms with Gasteiger partial charge in [-0.25, -0.2) is 0 Å². The Balaban J connectivity index is 1.88. The monoisotopic (exact) mass is 262 g/mol. The molecule has 104 valence electrons. The molecule has 0 saturated heterocycles. The van der Waals surface area contributed by atoms with Crippen molar-refractivity contribution in [2.24, 2.45) is 5.41 Å². The summed E-state index contributed by atoms with van der Waals surface area (Å²) < 4.78 is 11.7. The number of hydrogen-bond acceptors (Lipinski definition) is 3. The van der Waals surface area contributed by atoms with Crippen LogP contribution in [0.4, 0.5) is 0 Å². The molecule has 1 fully saturated rings. The largest absolute Gasteiger partial charge is 0.489 e. The fourth-order valence-electron chi connectivity index (χ4n) is 2.38. The first-order valence-electron chi connectivity index (χ1n) is 6.99. The maximum atomic E-state index is 10.1. The molecule has 0 atom stereocenters. The summed E-state index contributed by atoms with van der Waals surface area (Å²) in [5.41, 5.74) is 1.90. The quantitative estimate of drug-likeness (QED) is 0.890. The molecule has 0 bridgehead atoms. The molecule has 0 amide bonds. The summed E-state index contributed by atoms with van der Waals surface area (Å²) in [5, 5.41) is 10.1. The average molecular weight is 262 g/mol. The van der Waals surface area contributed by atoms with E-state index in [4.69, 9.17) is 9.47 Å². The van der Waals surface area contributed by atoms with Gasteiger partial charge in [0.05, 0.1) is 18.8 Å². The molecule has 0 radical (unpaired) electrons. The van der Waals surface area contributed by atoms with E-state index in [1.54, 1.807) is 0 Å². The number of aliphatic hydroxyl groups is 1. The fraction of sp³-hybridized carbons (Fsp3) is 0.625. The summed E-state index contributed by atoms with van der Waals surface area (Å²) in [6.07, 6.45) is 2.54. The maximum Gasteiger partial charge on any atom is 0.161 e. The summed E-state index contributed by atoms with van der Waals surface area (Å²) >= 11 is 0. The highest BCUT2D eigenvalue weighted by molar-refractivity contribution is 5.48. The van der Waals surface area contributed by atoms with Gasteiger partial charge < -0.3 is 14.6 Å². The molecule has 3 rings (SSSR count). The van der Waals surface area contributed by atoms with Crippen molar-refractivity contribution in [3.8, 4) is 11.5 Å². The standard InChI is InChI=1S/C16H22O3/c1-11-6-13-14(19-10-15(2,3)9-18-13)7-12(11)8-16(17)4-5-16/h6-7,17H,4-5,8-10H2,1-3H3. The van der Waals surface area contributed by atoms with Crippen molar-refractivity contribution in [3.05, 3.63) is 23.3 Å². The molecule has 2 aliphatic rings. The van der Waals surface area contributed by atoms with Crippen LogP contribution in [0.25, 0.3) is 0 Å². The van der Waals surface area contributed by atoms with Gasteiger partial charge in [-0.2, -0.15) is 0 Å². The first-order valence-corrected chi connectivity index (χ1v) is 6.99.